The number of nitrogens with zero attached hydrogens (tertiary/aromatic N) is 1. The minimum atomic E-state index is -1.11. The van der Waals surface area contributed by atoms with E-state index in [-0.39, 0.29) is 25.0 Å². The molecule has 2 amide bonds. The summed E-state index contributed by atoms with van der Waals surface area (Å²) in [6.45, 7) is 3.32. The Bertz CT molecular complexity index is 1120. The van der Waals surface area contributed by atoms with Crippen molar-refractivity contribution in [2.75, 3.05) is 18.5 Å². The van der Waals surface area contributed by atoms with Crippen LogP contribution in [-0.2, 0) is 23.9 Å². The maximum Gasteiger partial charge on any atom is 0.312 e. The first-order valence-corrected chi connectivity index (χ1v) is 11.5. The quantitative estimate of drug-likeness (QED) is 0.651. The molecule has 3 fully saturated rings. The molecule has 3 aliphatic rings. The summed E-state index contributed by atoms with van der Waals surface area (Å²) in [6, 6.07) is 11.9. The predicted molar refractivity (Wildman–Crippen MR) is 120 cm³/mol. The Kier molecular flexibility index (Phi) is 5.37. The van der Waals surface area contributed by atoms with Crippen LogP contribution in [0.1, 0.15) is 26.7 Å². The second kappa shape index (κ2) is 8.11. The standard InChI is InChI=1S/C25H28N2O6/c1-3-32-24(31)19-18-10-11-25(33-18)20(19)23(30)27(14(2)13-28)21(25)22(29)26-17-9-8-15-6-4-5-7-16(15)12-17/h4-9,12,14,18-21,28H,3,10-11,13H2,1-2H3,(H,26,29)/t14-,18+,19-,20+,21?,25?/m1/s1. The van der Waals surface area contributed by atoms with Crippen LogP contribution in [0.3, 0.4) is 0 Å². The summed E-state index contributed by atoms with van der Waals surface area (Å²) in [5.41, 5.74) is -0.499. The fourth-order valence-electron chi connectivity index (χ4n) is 5.94. The molecular weight excluding hydrogens is 424 g/mol. The van der Waals surface area contributed by atoms with Crippen LogP contribution in [0.5, 0.6) is 0 Å². The first-order valence-electron chi connectivity index (χ1n) is 11.5. The van der Waals surface area contributed by atoms with Crippen LogP contribution in [0, 0.1) is 11.8 Å². The summed E-state index contributed by atoms with van der Waals surface area (Å²) in [5, 5.41) is 14.8. The molecule has 3 saturated heterocycles. The Morgan fingerprint density at radius 2 is 2.03 bits per heavy atom. The number of fused-ring (bicyclic) bond motifs is 2. The van der Waals surface area contributed by atoms with Crippen molar-refractivity contribution in [1.82, 2.24) is 4.90 Å². The molecule has 2 bridgehead atoms. The van der Waals surface area contributed by atoms with Crippen LogP contribution in [0.4, 0.5) is 5.69 Å². The number of aliphatic hydroxyl groups is 1. The van der Waals surface area contributed by atoms with E-state index in [1.165, 1.54) is 4.90 Å². The lowest BCUT2D eigenvalue weighted by Crippen LogP contribution is -2.55. The number of anilines is 1. The van der Waals surface area contributed by atoms with Gasteiger partial charge in [-0.1, -0.05) is 30.3 Å². The van der Waals surface area contributed by atoms with Crippen molar-refractivity contribution in [3.63, 3.8) is 0 Å². The highest BCUT2D eigenvalue weighted by Gasteiger charge is 2.75. The zero-order valence-electron chi connectivity index (χ0n) is 18.7. The number of carbonyl (C=O) groups is 3. The molecule has 2 aromatic rings. The number of aliphatic hydroxyl groups excluding tert-OH is 1. The Hall–Kier alpha value is -2.97. The van der Waals surface area contributed by atoms with Gasteiger partial charge in [-0.15, -0.1) is 0 Å². The molecule has 174 valence electrons. The van der Waals surface area contributed by atoms with Gasteiger partial charge in [-0.2, -0.15) is 0 Å². The van der Waals surface area contributed by atoms with Crippen LogP contribution in [0.25, 0.3) is 10.8 Å². The van der Waals surface area contributed by atoms with E-state index in [9.17, 15) is 19.5 Å². The molecule has 0 saturated carbocycles. The number of rotatable bonds is 6. The number of hydrogen-bond acceptors (Lipinski definition) is 6. The summed E-state index contributed by atoms with van der Waals surface area (Å²) >= 11 is 0. The predicted octanol–water partition coefficient (Wildman–Crippen LogP) is 2.10. The molecule has 8 heteroatoms. The van der Waals surface area contributed by atoms with Crippen molar-refractivity contribution >= 4 is 34.2 Å². The fourth-order valence-corrected chi connectivity index (χ4v) is 5.94. The van der Waals surface area contributed by atoms with E-state index in [1.807, 2.05) is 42.5 Å². The molecule has 33 heavy (non-hydrogen) atoms. The zero-order valence-corrected chi connectivity index (χ0v) is 18.7. The molecule has 2 aromatic carbocycles. The van der Waals surface area contributed by atoms with E-state index in [4.69, 9.17) is 9.47 Å². The van der Waals surface area contributed by atoms with Gasteiger partial charge in [0.15, 0.2) is 0 Å². The first kappa shape index (κ1) is 21.9. The van der Waals surface area contributed by atoms with Gasteiger partial charge in [-0.05, 0) is 49.6 Å². The highest BCUT2D eigenvalue weighted by atomic mass is 16.6. The number of amides is 2. The fraction of sp³-hybridized carbons (Fsp3) is 0.480. The Morgan fingerprint density at radius 1 is 1.27 bits per heavy atom. The molecule has 8 nitrogen and oxygen atoms in total. The molecule has 3 heterocycles. The van der Waals surface area contributed by atoms with Crippen molar-refractivity contribution in [2.45, 2.75) is 50.5 Å². The summed E-state index contributed by atoms with van der Waals surface area (Å²) in [4.78, 5) is 41.4. The average Bonchev–Trinajstić information content (AvgIpc) is 3.46. The maximum atomic E-state index is 13.7. The number of likely N-dealkylation sites (tertiary alicyclic amines) is 1. The van der Waals surface area contributed by atoms with E-state index < -0.39 is 41.6 Å². The van der Waals surface area contributed by atoms with Gasteiger partial charge in [0, 0.05) is 5.69 Å². The minimum Gasteiger partial charge on any atom is -0.466 e. The minimum absolute atomic E-state index is 0.207. The molecule has 0 radical (unpaired) electrons. The second-order valence-corrected chi connectivity index (χ2v) is 9.14. The van der Waals surface area contributed by atoms with E-state index in [0.717, 1.165) is 10.8 Å². The Morgan fingerprint density at radius 3 is 2.76 bits per heavy atom. The smallest absolute Gasteiger partial charge is 0.312 e. The van der Waals surface area contributed by atoms with Crippen LogP contribution >= 0.6 is 0 Å². The van der Waals surface area contributed by atoms with Crippen LogP contribution < -0.4 is 5.32 Å². The molecule has 3 aliphatic heterocycles. The van der Waals surface area contributed by atoms with Gasteiger partial charge in [0.05, 0.1) is 37.2 Å². The van der Waals surface area contributed by atoms with Crippen molar-refractivity contribution in [3.05, 3.63) is 42.5 Å². The van der Waals surface area contributed by atoms with Crippen molar-refractivity contribution in [3.8, 4) is 0 Å². The molecule has 0 aliphatic carbocycles. The van der Waals surface area contributed by atoms with Crippen LogP contribution in [0.15, 0.2) is 42.5 Å². The van der Waals surface area contributed by atoms with E-state index >= 15 is 0 Å². The van der Waals surface area contributed by atoms with Gasteiger partial charge in [-0.25, -0.2) is 0 Å². The molecule has 1 spiro atoms. The molecular formula is C25H28N2O6. The van der Waals surface area contributed by atoms with Gasteiger partial charge in [0.2, 0.25) is 11.8 Å². The number of nitrogens with one attached hydrogen (secondary N) is 1. The zero-order chi connectivity index (χ0) is 23.3. The highest BCUT2D eigenvalue weighted by Crippen LogP contribution is 2.59. The van der Waals surface area contributed by atoms with Crippen molar-refractivity contribution in [2.24, 2.45) is 11.8 Å². The summed E-state index contributed by atoms with van der Waals surface area (Å²) in [5.74, 6) is -2.72. The summed E-state index contributed by atoms with van der Waals surface area (Å²) in [7, 11) is 0. The third kappa shape index (κ3) is 3.23. The van der Waals surface area contributed by atoms with Gasteiger partial charge in [-0.3, -0.25) is 14.4 Å². The highest BCUT2D eigenvalue weighted by molar-refractivity contribution is 6.04. The third-order valence-corrected chi connectivity index (χ3v) is 7.30. The second-order valence-electron chi connectivity index (χ2n) is 9.14. The van der Waals surface area contributed by atoms with Gasteiger partial charge >= 0.3 is 5.97 Å². The lowest BCUT2D eigenvalue weighted by molar-refractivity contribution is -0.155. The Labute approximate surface area is 191 Å². The lowest BCUT2D eigenvalue weighted by atomic mass is 9.70. The Balaban J connectivity index is 1.50. The monoisotopic (exact) mass is 452 g/mol. The van der Waals surface area contributed by atoms with Crippen molar-refractivity contribution < 1.29 is 29.0 Å². The number of ether oxygens (including phenoxy) is 2. The molecule has 0 aromatic heterocycles. The van der Waals surface area contributed by atoms with Crippen molar-refractivity contribution in [1.29, 1.82) is 0 Å². The van der Waals surface area contributed by atoms with E-state index in [1.54, 1.807) is 13.8 Å². The largest absolute Gasteiger partial charge is 0.466 e. The SMILES string of the molecule is CCOC(=O)[C@@H]1[C@@H]2CCC3(O2)C(C(=O)Nc2ccc4ccccc4c2)N([C@H](C)CO)C(=O)[C@H]13. The van der Waals surface area contributed by atoms with Gasteiger partial charge < -0.3 is 24.8 Å². The van der Waals surface area contributed by atoms with Gasteiger partial charge in [0.25, 0.3) is 0 Å². The maximum absolute atomic E-state index is 13.7. The third-order valence-electron chi connectivity index (χ3n) is 7.30. The summed E-state index contributed by atoms with van der Waals surface area (Å²) < 4.78 is 11.5. The number of hydrogen-bond donors (Lipinski definition) is 2. The van der Waals surface area contributed by atoms with Crippen LogP contribution in [-0.4, -0.2) is 64.8 Å². The average molecular weight is 453 g/mol. The number of carbonyl (C=O) groups excluding carboxylic acids is 3. The first-order chi connectivity index (χ1) is 15.9. The van der Waals surface area contributed by atoms with Gasteiger partial charge in [0.1, 0.15) is 11.6 Å². The van der Waals surface area contributed by atoms with Crippen LogP contribution in [0.2, 0.25) is 0 Å². The molecule has 2 N–H and O–H groups in total. The molecule has 2 unspecified atom stereocenters. The number of benzene rings is 2. The van der Waals surface area contributed by atoms with E-state index in [2.05, 4.69) is 5.32 Å². The normalized spacial score (nSPS) is 31.0. The summed E-state index contributed by atoms with van der Waals surface area (Å²) in [6.07, 6.45) is 0.628. The molecule has 6 atom stereocenters. The molecule has 5 rings (SSSR count). The lowest BCUT2D eigenvalue weighted by Gasteiger charge is -2.35. The number of esters is 1. The van der Waals surface area contributed by atoms with E-state index in [0.29, 0.717) is 18.5 Å². The topological polar surface area (TPSA) is 105 Å².